The Bertz CT molecular complexity index is 1300. The van der Waals surface area contributed by atoms with Crippen molar-refractivity contribution in [2.24, 2.45) is 7.05 Å². The molecule has 0 aliphatic heterocycles. The molecule has 1 heterocycles. The van der Waals surface area contributed by atoms with Gasteiger partial charge in [0.15, 0.2) is 11.0 Å². The fraction of sp³-hybridized carbons (Fsp3) is 0.0741. The topological polar surface area (TPSA) is 8.81 Å². The molecule has 4 aromatic carbocycles. The van der Waals surface area contributed by atoms with Crippen LogP contribution >= 0.6 is 0 Å². The maximum atomic E-state index is 2.37. The standard InChI is InChI=1S/C27H23N2/c1-20-10-6-7-13-24(20)27-28(2)25-14-8-9-15-26(25)29(27)23-18-16-22(17-19-23)21-11-4-3-5-12-21/h3-19H,1-2H3/q+1. The predicted molar refractivity (Wildman–Crippen MR) is 120 cm³/mol. The Morgan fingerprint density at radius 3 is 2.00 bits per heavy atom. The Morgan fingerprint density at radius 1 is 0.621 bits per heavy atom. The minimum Gasteiger partial charge on any atom is -0.225 e. The number of aryl methyl sites for hydroxylation is 2. The molecule has 1 aromatic heterocycles. The van der Waals surface area contributed by atoms with Crippen molar-refractivity contribution >= 4 is 11.0 Å². The van der Waals surface area contributed by atoms with E-state index in [0.29, 0.717) is 0 Å². The molecule has 0 radical (unpaired) electrons. The van der Waals surface area contributed by atoms with E-state index in [1.54, 1.807) is 0 Å². The Balaban J connectivity index is 1.75. The summed E-state index contributed by atoms with van der Waals surface area (Å²) in [5.41, 5.74) is 8.58. The van der Waals surface area contributed by atoms with Gasteiger partial charge in [-0.05, 0) is 53.9 Å². The first-order valence-corrected chi connectivity index (χ1v) is 9.95. The Kier molecular flexibility index (Phi) is 4.25. The van der Waals surface area contributed by atoms with E-state index < -0.39 is 0 Å². The summed E-state index contributed by atoms with van der Waals surface area (Å²) in [6, 6.07) is 36.6. The summed E-state index contributed by atoms with van der Waals surface area (Å²) >= 11 is 0. The molecule has 0 fully saturated rings. The number of nitrogens with zero attached hydrogens (tertiary/aromatic N) is 2. The molecule has 5 rings (SSSR count). The lowest BCUT2D eigenvalue weighted by molar-refractivity contribution is -0.633. The van der Waals surface area contributed by atoms with E-state index >= 15 is 0 Å². The highest BCUT2D eigenvalue weighted by molar-refractivity contribution is 5.80. The fourth-order valence-corrected chi connectivity index (χ4v) is 4.13. The number of para-hydroxylation sites is 2. The zero-order valence-electron chi connectivity index (χ0n) is 16.7. The van der Waals surface area contributed by atoms with Gasteiger partial charge in [-0.15, -0.1) is 0 Å². The van der Waals surface area contributed by atoms with Gasteiger partial charge in [0.05, 0.1) is 12.6 Å². The largest absolute Gasteiger partial charge is 0.295 e. The molecule has 0 aliphatic rings. The van der Waals surface area contributed by atoms with Crippen molar-refractivity contribution in [3.05, 3.63) is 109 Å². The molecule has 0 saturated heterocycles. The molecule has 0 amide bonds. The van der Waals surface area contributed by atoms with Crippen molar-refractivity contribution in [3.63, 3.8) is 0 Å². The summed E-state index contributed by atoms with van der Waals surface area (Å²) in [7, 11) is 2.15. The van der Waals surface area contributed by atoms with Crippen LogP contribution in [0.5, 0.6) is 0 Å². The SMILES string of the molecule is Cc1ccccc1-c1n(-c2ccc(-c3ccccc3)cc2)c2ccccc2[n+]1C. The van der Waals surface area contributed by atoms with Gasteiger partial charge in [0.1, 0.15) is 5.69 Å². The van der Waals surface area contributed by atoms with Crippen LogP contribution in [0.3, 0.4) is 0 Å². The van der Waals surface area contributed by atoms with E-state index in [4.69, 9.17) is 0 Å². The number of imidazole rings is 1. The van der Waals surface area contributed by atoms with Crippen LogP contribution < -0.4 is 4.57 Å². The summed E-state index contributed by atoms with van der Waals surface area (Å²) in [6.07, 6.45) is 0. The first-order valence-electron chi connectivity index (χ1n) is 9.95. The van der Waals surface area contributed by atoms with Gasteiger partial charge in [0, 0.05) is 0 Å². The molecule has 0 unspecified atom stereocenters. The van der Waals surface area contributed by atoms with Crippen molar-refractivity contribution < 1.29 is 4.57 Å². The fourth-order valence-electron chi connectivity index (χ4n) is 4.13. The maximum absolute atomic E-state index is 2.37. The quantitative estimate of drug-likeness (QED) is 0.337. The lowest BCUT2D eigenvalue weighted by Crippen LogP contribution is -2.30. The molecule has 2 heteroatoms. The molecular formula is C27H23N2+. The van der Waals surface area contributed by atoms with Crippen molar-refractivity contribution in [2.75, 3.05) is 0 Å². The van der Waals surface area contributed by atoms with Crippen LogP contribution in [-0.2, 0) is 7.05 Å². The third kappa shape index (κ3) is 2.94. The first-order chi connectivity index (χ1) is 14.2. The minimum absolute atomic E-state index is 1.17. The van der Waals surface area contributed by atoms with E-state index in [1.165, 1.54) is 44.8 Å². The average Bonchev–Trinajstić information content (AvgIpc) is 3.07. The molecule has 0 aliphatic carbocycles. The molecule has 0 saturated carbocycles. The smallest absolute Gasteiger partial charge is 0.225 e. The summed E-state index contributed by atoms with van der Waals surface area (Å²) in [4.78, 5) is 0. The number of benzene rings is 4. The zero-order chi connectivity index (χ0) is 19.8. The van der Waals surface area contributed by atoms with Gasteiger partial charge in [-0.25, -0.2) is 4.57 Å². The molecule has 5 aromatic rings. The number of aromatic nitrogens is 2. The normalized spacial score (nSPS) is 11.1. The van der Waals surface area contributed by atoms with Crippen LogP contribution in [-0.4, -0.2) is 4.57 Å². The second kappa shape index (κ2) is 7.06. The van der Waals surface area contributed by atoms with Crippen molar-refractivity contribution in [3.8, 4) is 28.2 Å². The number of rotatable bonds is 3. The third-order valence-electron chi connectivity index (χ3n) is 5.63. The van der Waals surface area contributed by atoms with Crippen LogP contribution in [0.15, 0.2) is 103 Å². The van der Waals surface area contributed by atoms with Crippen LogP contribution in [0, 0.1) is 6.92 Å². The molecule has 0 N–H and O–H groups in total. The van der Waals surface area contributed by atoms with E-state index in [0.717, 1.165) is 0 Å². The van der Waals surface area contributed by atoms with E-state index in [1.807, 2.05) is 0 Å². The van der Waals surface area contributed by atoms with Crippen molar-refractivity contribution in [1.29, 1.82) is 0 Å². The van der Waals surface area contributed by atoms with Gasteiger partial charge >= 0.3 is 0 Å². The number of fused-ring (bicyclic) bond motifs is 1. The lowest BCUT2D eigenvalue weighted by Gasteiger charge is -2.07. The number of hydrogen-bond donors (Lipinski definition) is 0. The molecule has 140 valence electrons. The Hall–Kier alpha value is -3.65. The molecule has 0 bridgehead atoms. The molecule has 29 heavy (non-hydrogen) atoms. The first kappa shape index (κ1) is 17.4. The predicted octanol–water partition coefficient (Wildman–Crippen LogP) is 6.10. The van der Waals surface area contributed by atoms with Gasteiger partial charge in [-0.3, -0.25) is 0 Å². The third-order valence-corrected chi connectivity index (χ3v) is 5.63. The molecule has 0 spiro atoms. The zero-order valence-corrected chi connectivity index (χ0v) is 16.7. The summed E-state index contributed by atoms with van der Waals surface area (Å²) in [5.74, 6) is 1.19. The summed E-state index contributed by atoms with van der Waals surface area (Å²) in [5, 5.41) is 0. The number of hydrogen-bond acceptors (Lipinski definition) is 0. The monoisotopic (exact) mass is 375 g/mol. The Labute approximate surface area is 171 Å². The van der Waals surface area contributed by atoms with Crippen LogP contribution in [0.1, 0.15) is 5.56 Å². The molecular weight excluding hydrogens is 352 g/mol. The second-order valence-corrected chi connectivity index (χ2v) is 7.43. The van der Waals surface area contributed by atoms with Crippen LogP contribution in [0.25, 0.3) is 39.2 Å². The van der Waals surface area contributed by atoms with Crippen molar-refractivity contribution in [1.82, 2.24) is 4.57 Å². The van der Waals surface area contributed by atoms with E-state index in [2.05, 4.69) is 126 Å². The van der Waals surface area contributed by atoms with Gasteiger partial charge in [-0.1, -0.05) is 72.8 Å². The Morgan fingerprint density at radius 2 is 1.24 bits per heavy atom. The van der Waals surface area contributed by atoms with Gasteiger partial charge in [0.2, 0.25) is 0 Å². The van der Waals surface area contributed by atoms with E-state index in [-0.39, 0.29) is 0 Å². The average molecular weight is 375 g/mol. The molecule has 0 atom stereocenters. The van der Waals surface area contributed by atoms with E-state index in [9.17, 15) is 0 Å². The van der Waals surface area contributed by atoms with Gasteiger partial charge in [-0.2, -0.15) is 4.57 Å². The lowest BCUT2D eigenvalue weighted by atomic mass is 10.1. The highest BCUT2D eigenvalue weighted by Crippen LogP contribution is 2.30. The second-order valence-electron chi connectivity index (χ2n) is 7.43. The summed E-state index contributed by atoms with van der Waals surface area (Å²) in [6.45, 7) is 2.18. The van der Waals surface area contributed by atoms with Crippen LogP contribution in [0.2, 0.25) is 0 Å². The van der Waals surface area contributed by atoms with Crippen LogP contribution in [0.4, 0.5) is 0 Å². The molecule has 2 nitrogen and oxygen atoms in total. The van der Waals surface area contributed by atoms with Gasteiger partial charge in [0.25, 0.3) is 5.82 Å². The highest BCUT2D eigenvalue weighted by atomic mass is 15.2. The van der Waals surface area contributed by atoms with Crippen molar-refractivity contribution in [2.45, 2.75) is 6.92 Å². The van der Waals surface area contributed by atoms with Gasteiger partial charge < -0.3 is 0 Å². The minimum atomic E-state index is 1.17. The summed E-state index contributed by atoms with van der Waals surface area (Å²) < 4.78 is 4.66. The maximum Gasteiger partial charge on any atom is 0.295 e. The highest BCUT2D eigenvalue weighted by Gasteiger charge is 2.26.